The Hall–Kier alpha value is -2.67. The summed E-state index contributed by atoms with van der Waals surface area (Å²) >= 11 is 5.94. The number of benzene rings is 1. The van der Waals surface area contributed by atoms with E-state index in [1.54, 1.807) is 21.9 Å². The van der Waals surface area contributed by atoms with Crippen LogP contribution in [-0.4, -0.2) is 30.5 Å². The molecule has 0 aliphatic heterocycles. The summed E-state index contributed by atoms with van der Waals surface area (Å²) in [5.74, 6) is 0.129. The molecule has 0 saturated heterocycles. The highest BCUT2D eigenvalue weighted by molar-refractivity contribution is 6.31. The zero-order chi connectivity index (χ0) is 16.9. The molecule has 0 unspecified atom stereocenters. The minimum Gasteiger partial charge on any atom is -0.293 e. The Labute approximate surface area is 144 Å². The summed E-state index contributed by atoms with van der Waals surface area (Å²) in [6.45, 7) is 2.92. The molecule has 3 rings (SSSR count). The van der Waals surface area contributed by atoms with Gasteiger partial charge in [0.25, 0.3) is 0 Å². The fourth-order valence-electron chi connectivity index (χ4n) is 2.24. The minimum atomic E-state index is -0.168. The van der Waals surface area contributed by atoms with Crippen LogP contribution in [-0.2, 0) is 17.9 Å². The second kappa shape index (κ2) is 7.27. The smallest absolute Gasteiger partial charge is 0.248 e. The second-order valence-electron chi connectivity index (χ2n) is 5.35. The number of carbonyl (C=O) groups is 1. The van der Waals surface area contributed by atoms with Crippen LogP contribution in [0.1, 0.15) is 17.7 Å². The SMILES string of the molecule is Cc1c(Cl)cnn1CCC(=O)Nc1ncn(Cc2ccccc2)n1. The molecule has 0 atom stereocenters. The Morgan fingerprint density at radius 2 is 2.08 bits per heavy atom. The van der Waals surface area contributed by atoms with E-state index in [-0.39, 0.29) is 12.3 Å². The molecular formula is C16H17ClN6O. The highest BCUT2D eigenvalue weighted by atomic mass is 35.5. The van der Waals surface area contributed by atoms with E-state index in [1.807, 2.05) is 37.3 Å². The molecule has 8 heteroatoms. The lowest BCUT2D eigenvalue weighted by Crippen LogP contribution is -2.16. The van der Waals surface area contributed by atoms with Crippen molar-refractivity contribution in [3.05, 3.63) is 59.1 Å². The highest BCUT2D eigenvalue weighted by Crippen LogP contribution is 2.13. The summed E-state index contributed by atoms with van der Waals surface area (Å²) in [6, 6.07) is 9.93. The molecule has 1 N–H and O–H groups in total. The van der Waals surface area contributed by atoms with Crippen molar-refractivity contribution in [2.45, 2.75) is 26.4 Å². The molecule has 0 bridgehead atoms. The van der Waals surface area contributed by atoms with Gasteiger partial charge < -0.3 is 0 Å². The standard InChI is InChI=1S/C16H17ClN6O/c1-12-14(17)9-19-23(12)8-7-15(24)20-16-18-11-22(21-16)10-13-5-3-2-4-6-13/h2-6,9,11H,7-8,10H2,1H3,(H,20,21,24). The number of hydrogen-bond acceptors (Lipinski definition) is 4. The van der Waals surface area contributed by atoms with Gasteiger partial charge in [-0.25, -0.2) is 9.67 Å². The van der Waals surface area contributed by atoms with Crippen LogP contribution in [0, 0.1) is 6.92 Å². The summed E-state index contributed by atoms with van der Waals surface area (Å²) in [5.41, 5.74) is 1.96. The Balaban J connectivity index is 1.52. The van der Waals surface area contributed by atoms with E-state index < -0.39 is 0 Å². The van der Waals surface area contributed by atoms with Crippen LogP contribution >= 0.6 is 11.6 Å². The quantitative estimate of drug-likeness (QED) is 0.745. The maximum atomic E-state index is 12.0. The van der Waals surface area contributed by atoms with Gasteiger partial charge in [0.15, 0.2) is 0 Å². The van der Waals surface area contributed by atoms with Crippen molar-refractivity contribution in [2.24, 2.45) is 0 Å². The molecule has 0 radical (unpaired) electrons. The molecule has 2 aromatic heterocycles. The first-order valence-electron chi connectivity index (χ1n) is 7.53. The van der Waals surface area contributed by atoms with Crippen LogP contribution in [0.4, 0.5) is 5.95 Å². The van der Waals surface area contributed by atoms with Gasteiger partial charge in [-0.2, -0.15) is 5.10 Å². The molecule has 124 valence electrons. The summed E-state index contributed by atoms with van der Waals surface area (Å²) in [4.78, 5) is 16.1. The van der Waals surface area contributed by atoms with Crippen molar-refractivity contribution in [1.29, 1.82) is 0 Å². The largest absolute Gasteiger partial charge is 0.293 e. The molecule has 0 aliphatic carbocycles. The fourth-order valence-corrected chi connectivity index (χ4v) is 2.38. The van der Waals surface area contributed by atoms with Crippen molar-refractivity contribution < 1.29 is 4.79 Å². The Morgan fingerprint density at radius 1 is 1.29 bits per heavy atom. The zero-order valence-corrected chi connectivity index (χ0v) is 13.9. The molecule has 1 amide bonds. The second-order valence-corrected chi connectivity index (χ2v) is 5.76. The van der Waals surface area contributed by atoms with Crippen LogP contribution < -0.4 is 5.32 Å². The normalized spacial score (nSPS) is 10.8. The number of nitrogens with one attached hydrogen (secondary N) is 1. The highest BCUT2D eigenvalue weighted by Gasteiger charge is 2.09. The third-order valence-electron chi connectivity index (χ3n) is 3.57. The summed E-state index contributed by atoms with van der Waals surface area (Å²) in [5, 5.41) is 11.6. The molecule has 24 heavy (non-hydrogen) atoms. The van der Waals surface area contributed by atoms with E-state index in [0.29, 0.717) is 24.1 Å². The number of anilines is 1. The van der Waals surface area contributed by atoms with Crippen molar-refractivity contribution in [3.8, 4) is 0 Å². The van der Waals surface area contributed by atoms with Crippen LogP contribution in [0.15, 0.2) is 42.9 Å². The average molecular weight is 345 g/mol. The number of aromatic nitrogens is 5. The lowest BCUT2D eigenvalue weighted by atomic mass is 10.2. The zero-order valence-electron chi connectivity index (χ0n) is 13.2. The predicted octanol–water partition coefficient (Wildman–Crippen LogP) is 2.51. The van der Waals surface area contributed by atoms with Crippen molar-refractivity contribution in [2.75, 3.05) is 5.32 Å². The first-order chi connectivity index (χ1) is 11.6. The van der Waals surface area contributed by atoms with Gasteiger partial charge in [0.2, 0.25) is 11.9 Å². The number of nitrogens with zero attached hydrogens (tertiary/aromatic N) is 5. The molecule has 0 spiro atoms. The van der Waals surface area contributed by atoms with Crippen LogP contribution in [0.25, 0.3) is 0 Å². The first kappa shape index (κ1) is 16.2. The van der Waals surface area contributed by atoms with E-state index in [1.165, 1.54) is 0 Å². The van der Waals surface area contributed by atoms with Gasteiger partial charge in [-0.3, -0.25) is 14.8 Å². The predicted molar refractivity (Wildman–Crippen MR) is 90.8 cm³/mol. The van der Waals surface area contributed by atoms with Gasteiger partial charge in [0, 0.05) is 6.42 Å². The number of rotatable bonds is 6. The van der Waals surface area contributed by atoms with E-state index >= 15 is 0 Å². The topological polar surface area (TPSA) is 77.6 Å². The van der Waals surface area contributed by atoms with Gasteiger partial charge in [0.05, 0.1) is 30.0 Å². The Kier molecular flexibility index (Phi) is 4.90. The number of amides is 1. The number of carbonyl (C=O) groups excluding carboxylic acids is 1. The van der Waals surface area contributed by atoms with E-state index in [4.69, 9.17) is 11.6 Å². The molecule has 7 nitrogen and oxygen atoms in total. The molecule has 2 heterocycles. The van der Waals surface area contributed by atoms with Crippen LogP contribution in [0.2, 0.25) is 5.02 Å². The molecule has 0 aliphatic rings. The first-order valence-corrected chi connectivity index (χ1v) is 7.91. The van der Waals surface area contributed by atoms with Gasteiger partial charge in [-0.1, -0.05) is 41.9 Å². The van der Waals surface area contributed by atoms with Gasteiger partial charge >= 0.3 is 0 Å². The molecular weight excluding hydrogens is 328 g/mol. The van der Waals surface area contributed by atoms with Gasteiger partial charge in [-0.15, -0.1) is 5.10 Å². The monoisotopic (exact) mass is 344 g/mol. The number of aryl methyl sites for hydroxylation is 1. The maximum absolute atomic E-state index is 12.0. The van der Waals surface area contributed by atoms with Crippen molar-refractivity contribution >= 4 is 23.5 Å². The lowest BCUT2D eigenvalue weighted by Gasteiger charge is -2.04. The Bertz CT molecular complexity index is 826. The fraction of sp³-hybridized carbons (Fsp3) is 0.250. The van der Waals surface area contributed by atoms with Crippen LogP contribution in [0.5, 0.6) is 0 Å². The molecule has 1 aromatic carbocycles. The average Bonchev–Trinajstić information content (AvgIpc) is 3.14. The van der Waals surface area contributed by atoms with E-state index in [0.717, 1.165) is 11.3 Å². The Morgan fingerprint density at radius 3 is 2.79 bits per heavy atom. The third kappa shape index (κ3) is 3.99. The van der Waals surface area contributed by atoms with E-state index in [9.17, 15) is 4.79 Å². The van der Waals surface area contributed by atoms with Crippen molar-refractivity contribution in [3.63, 3.8) is 0 Å². The summed E-state index contributed by atoms with van der Waals surface area (Å²) in [7, 11) is 0. The molecule has 0 saturated carbocycles. The lowest BCUT2D eigenvalue weighted by molar-refractivity contribution is -0.116. The molecule has 3 aromatic rings. The van der Waals surface area contributed by atoms with Gasteiger partial charge in [0.1, 0.15) is 6.33 Å². The van der Waals surface area contributed by atoms with Crippen molar-refractivity contribution in [1.82, 2.24) is 24.5 Å². The molecule has 0 fully saturated rings. The third-order valence-corrected chi connectivity index (χ3v) is 3.94. The summed E-state index contributed by atoms with van der Waals surface area (Å²) in [6.07, 6.45) is 3.44. The van der Waals surface area contributed by atoms with E-state index in [2.05, 4.69) is 20.5 Å². The number of hydrogen-bond donors (Lipinski definition) is 1. The van der Waals surface area contributed by atoms with Crippen LogP contribution in [0.3, 0.4) is 0 Å². The minimum absolute atomic E-state index is 0.168. The maximum Gasteiger partial charge on any atom is 0.248 e. The summed E-state index contributed by atoms with van der Waals surface area (Å²) < 4.78 is 3.38. The number of halogens is 1. The van der Waals surface area contributed by atoms with Gasteiger partial charge in [-0.05, 0) is 12.5 Å².